The minimum atomic E-state index is -1.03. The fourth-order valence-corrected chi connectivity index (χ4v) is 4.93. The fourth-order valence-electron chi connectivity index (χ4n) is 2.70. The van der Waals surface area contributed by atoms with Crippen molar-refractivity contribution < 1.29 is 8.63 Å². The highest BCUT2D eigenvalue weighted by atomic mass is 32.2. The minimum Gasteiger partial charge on any atom is -0.467 e. The zero-order chi connectivity index (χ0) is 19.2. The molecule has 0 radical (unpaired) electrons. The number of hydrogen-bond acceptors (Lipinski definition) is 6. The van der Waals surface area contributed by atoms with Gasteiger partial charge in [0.15, 0.2) is 11.0 Å². The van der Waals surface area contributed by atoms with Gasteiger partial charge < -0.3 is 4.42 Å². The number of rotatable bonds is 8. The summed E-state index contributed by atoms with van der Waals surface area (Å²) in [4.78, 5) is 5.02. The molecule has 142 valence electrons. The Hall–Kier alpha value is -2.71. The van der Waals surface area contributed by atoms with Gasteiger partial charge in [-0.05, 0) is 36.4 Å². The van der Waals surface area contributed by atoms with Gasteiger partial charge in [0.1, 0.15) is 5.76 Å². The van der Waals surface area contributed by atoms with Gasteiger partial charge in [0.05, 0.1) is 23.6 Å². The molecule has 0 spiro atoms. The predicted molar refractivity (Wildman–Crippen MR) is 110 cm³/mol. The van der Waals surface area contributed by atoms with Crippen LogP contribution in [0.3, 0.4) is 0 Å². The molecule has 0 aliphatic heterocycles. The number of thioether (sulfide) groups is 1. The zero-order valence-corrected chi connectivity index (χ0v) is 16.6. The van der Waals surface area contributed by atoms with Crippen LogP contribution in [0, 0.1) is 0 Å². The molecule has 28 heavy (non-hydrogen) atoms. The number of benzene rings is 1. The number of furan rings is 1. The largest absolute Gasteiger partial charge is 0.467 e. The van der Waals surface area contributed by atoms with Gasteiger partial charge in [-0.2, -0.15) is 0 Å². The van der Waals surface area contributed by atoms with E-state index in [2.05, 4.69) is 15.2 Å². The Balaban J connectivity index is 1.51. The molecule has 6 nitrogen and oxygen atoms in total. The predicted octanol–water partition coefficient (Wildman–Crippen LogP) is 3.88. The van der Waals surface area contributed by atoms with E-state index in [0.29, 0.717) is 18.1 Å². The van der Waals surface area contributed by atoms with Crippen LogP contribution in [0.15, 0.2) is 87.7 Å². The molecule has 0 saturated carbocycles. The van der Waals surface area contributed by atoms with Crippen molar-refractivity contribution in [2.45, 2.75) is 16.6 Å². The average Bonchev–Trinajstić information content (AvgIpc) is 3.40. The van der Waals surface area contributed by atoms with Crippen LogP contribution in [0.1, 0.15) is 5.76 Å². The molecule has 8 heteroatoms. The molecule has 1 atom stereocenters. The number of hydrogen-bond donors (Lipinski definition) is 0. The molecule has 1 unspecified atom stereocenters. The second-order valence-corrected chi connectivity index (χ2v) is 8.56. The second-order valence-electron chi connectivity index (χ2n) is 5.92. The Morgan fingerprint density at radius 2 is 1.93 bits per heavy atom. The van der Waals surface area contributed by atoms with Crippen molar-refractivity contribution in [1.82, 2.24) is 19.7 Å². The van der Waals surface area contributed by atoms with Crippen LogP contribution < -0.4 is 0 Å². The second kappa shape index (κ2) is 8.99. The summed E-state index contributed by atoms with van der Waals surface area (Å²) in [5.41, 5.74) is 0.890. The van der Waals surface area contributed by atoms with E-state index in [9.17, 15) is 4.21 Å². The van der Waals surface area contributed by atoms with Gasteiger partial charge in [0, 0.05) is 34.4 Å². The first-order valence-corrected chi connectivity index (χ1v) is 11.0. The van der Waals surface area contributed by atoms with E-state index in [1.807, 2.05) is 59.2 Å². The molecule has 1 aromatic carbocycles. The van der Waals surface area contributed by atoms with Crippen molar-refractivity contribution in [2.75, 3.05) is 11.5 Å². The van der Waals surface area contributed by atoms with Gasteiger partial charge in [-0.15, -0.1) is 10.2 Å². The summed E-state index contributed by atoms with van der Waals surface area (Å²) in [7, 11) is -1.03. The molecule has 0 bridgehead atoms. The summed E-state index contributed by atoms with van der Waals surface area (Å²) >= 11 is 1.54. The molecular formula is C20H18N4O2S2. The summed E-state index contributed by atoms with van der Waals surface area (Å²) in [5.74, 6) is 2.77. The molecule has 0 fully saturated rings. The average molecular weight is 411 g/mol. The first kappa shape index (κ1) is 18.6. The number of pyridine rings is 1. The minimum absolute atomic E-state index is 0.522. The van der Waals surface area contributed by atoms with Crippen molar-refractivity contribution in [3.8, 4) is 11.4 Å². The van der Waals surface area contributed by atoms with Crippen LogP contribution in [0.2, 0.25) is 0 Å². The summed E-state index contributed by atoms with van der Waals surface area (Å²) in [6, 6.07) is 17.1. The molecule has 0 aliphatic carbocycles. The van der Waals surface area contributed by atoms with Crippen molar-refractivity contribution in [1.29, 1.82) is 0 Å². The molecule has 0 saturated heterocycles. The molecule has 0 N–H and O–H groups in total. The third kappa shape index (κ3) is 4.40. The molecule has 0 aliphatic rings. The van der Waals surface area contributed by atoms with Crippen LogP contribution in [-0.4, -0.2) is 35.5 Å². The number of nitrogens with zero attached hydrogens (tertiary/aromatic N) is 4. The molecule has 4 rings (SSSR count). The normalized spacial score (nSPS) is 12.1. The molecule has 3 heterocycles. The highest BCUT2D eigenvalue weighted by molar-refractivity contribution is 8.00. The van der Waals surface area contributed by atoms with E-state index in [0.717, 1.165) is 27.2 Å². The monoisotopic (exact) mass is 410 g/mol. The highest BCUT2D eigenvalue weighted by Crippen LogP contribution is 2.25. The maximum atomic E-state index is 12.4. The van der Waals surface area contributed by atoms with Gasteiger partial charge in [-0.25, -0.2) is 0 Å². The smallest absolute Gasteiger partial charge is 0.191 e. The molecular weight excluding hydrogens is 392 g/mol. The van der Waals surface area contributed by atoms with Crippen molar-refractivity contribution in [2.24, 2.45) is 0 Å². The van der Waals surface area contributed by atoms with Gasteiger partial charge in [-0.1, -0.05) is 30.0 Å². The summed E-state index contributed by atoms with van der Waals surface area (Å²) in [6.07, 6.45) is 5.14. The third-order valence-electron chi connectivity index (χ3n) is 4.04. The molecule has 4 aromatic rings. The van der Waals surface area contributed by atoms with Crippen LogP contribution in [0.4, 0.5) is 0 Å². The van der Waals surface area contributed by atoms with Crippen LogP contribution in [0.25, 0.3) is 11.4 Å². The Morgan fingerprint density at radius 1 is 1.04 bits per heavy atom. The van der Waals surface area contributed by atoms with Gasteiger partial charge in [0.25, 0.3) is 0 Å². The topological polar surface area (TPSA) is 73.8 Å². The Labute approximate surface area is 169 Å². The van der Waals surface area contributed by atoms with E-state index < -0.39 is 10.8 Å². The van der Waals surface area contributed by atoms with E-state index in [4.69, 9.17) is 4.42 Å². The SMILES string of the molecule is O=S(CCSc1nnc(-c2cccnc2)n1Cc1ccco1)c1ccccc1. The van der Waals surface area contributed by atoms with E-state index in [1.165, 1.54) is 0 Å². The van der Waals surface area contributed by atoms with Gasteiger partial charge in [0.2, 0.25) is 0 Å². The van der Waals surface area contributed by atoms with E-state index >= 15 is 0 Å². The van der Waals surface area contributed by atoms with Crippen molar-refractivity contribution >= 4 is 22.6 Å². The summed E-state index contributed by atoms with van der Waals surface area (Å²) in [5, 5.41) is 9.47. The first-order valence-electron chi connectivity index (χ1n) is 8.73. The lowest BCUT2D eigenvalue weighted by Gasteiger charge is -2.08. The molecule has 0 amide bonds. The standard InChI is InChI=1S/C20H18N4O2S2/c25-28(18-8-2-1-3-9-18)13-12-27-20-23-22-19(16-6-4-10-21-14-16)24(20)15-17-7-5-11-26-17/h1-11,14H,12-13,15H2. The third-order valence-corrected chi connectivity index (χ3v) is 6.64. The number of aromatic nitrogens is 4. The van der Waals surface area contributed by atoms with Gasteiger partial charge >= 0.3 is 0 Å². The summed E-state index contributed by atoms with van der Waals surface area (Å²) < 4.78 is 19.9. The van der Waals surface area contributed by atoms with Crippen LogP contribution in [-0.2, 0) is 17.3 Å². The lowest BCUT2D eigenvalue weighted by atomic mass is 10.2. The zero-order valence-electron chi connectivity index (χ0n) is 15.0. The van der Waals surface area contributed by atoms with Crippen LogP contribution in [0.5, 0.6) is 0 Å². The first-order chi connectivity index (χ1) is 13.8. The maximum absolute atomic E-state index is 12.4. The maximum Gasteiger partial charge on any atom is 0.191 e. The highest BCUT2D eigenvalue weighted by Gasteiger charge is 2.16. The lowest BCUT2D eigenvalue weighted by Crippen LogP contribution is -2.05. The lowest BCUT2D eigenvalue weighted by molar-refractivity contribution is 0.485. The Kier molecular flexibility index (Phi) is 5.98. The van der Waals surface area contributed by atoms with Gasteiger partial charge in [-0.3, -0.25) is 13.8 Å². The fraction of sp³-hybridized carbons (Fsp3) is 0.150. The Bertz CT molecular complexity index is 1030. The quantitative estimate of drug-likeness (QED) is 0.411. The Morgan fingerprint density at radius 3 is 2.68 bits per heavy atom. The summed E-state index contributed by atoms with van der Waals surface area (Å²) in [6.45, 7) is 0.522. The van der Waals surface area contributed by atoms with Crippen LogP contribution >= 0.6 is 11.8 Å². The van der Waals surface area contributed by atoms with Crippen molar-refractivity contribution in [3.63, 3.8) is 0 Å². The van der Waals surface area contributed by atoms with E-state index in [1.54, 1.807) is 30.4 Å². The van der Waals surface area contributed by atoms with E-state index in [-0.39, 0.29) is 0 Å². The molecule has 3 aromatic heterocycles. The van der Waals surface area contributed by atoms with Crippen molar-refractivity contribution in [3.05, 3.63) is 79.0 Å².